The van der Waals surface area contributed by atoms with Crippen LogP contribution in [0.5, 0.6) is 0 Å². The molecule has 1 heterocycles. The Morgan fingerprint density at radius 2 is 2.13 bits per heavy atom. The molecule has 2 rings (SSSR count). The van der Waals surface area contributed by atoms with E-state index < -0.39 is 5.54 Å². The van der Waals surface area contributed by atoms with Crippen molar-refractivity contribution in [2.45, 2.75) is 51.0 Å². The van der Waals surface area contributed by atoms with Crippen LogP contribution < -0.4 is 5.73 Å². The molecule has 1 saturated carbocycles. The van der Waals surface area contributed by atoms with Gasteiger partial charge >= 0.3 is 0 Å². The normalized spacial score (nSPS) is 29.7. The number of hydrogen-bond donors (Lipinski definition) is 1. The third-order valence-corrected chi connectivity index (χ3v) is 3.93. The van der Waals surface area contributed by atoms with Gasteiger partial charge in [-0.25, -0.2) is 0 Å². The maximum Gasteiger partial charge on any atom is 0.242 e. The smallest absolute Gasteiger partial charge is 0.242 e. The number of amides is 1. The summed E-state index contributed by atoms with van der Waals surface area (Å²) >= 11 is 0. The Morgan fingerprint density at radius 1 is 1.40 bits per heavy atom. The quantitative estimate of drug-likeness (QED) is 0.751. The first-order valence-corrected chi connectivity index (χ1v) is 6.24. The van der Waals surface area contributed by atoms with Crippen LogP contribution in [-0.2, 0) is 4.79 Å². The fourth-order valence-corrected chi connectivity index (χ4v) is 2.44. The highest BCUT2D eigenvalue weighted by Gasteiger charge is 2.48. The summed E-state index contributed by atoms with van der Waals surface area (Å²) in [5, 5.41) is 0. The van der Waals surface area contributed by atoms with Gasteiger partial charge in [0.05, 0.1) is 5.54 Å². The van der Waals surface area contributed by atoms with Crippen molar-refractivity contribution in [2.75, 3.05) is 13.1 Å². The first-order chi connectivity index (χ1) is 7.15. The lowest BCUT2D eigenvalue weighted by molar-refractivity contribution is -0.133. The Balaban J connectivity index is 1.90. The van der Waals surface area contributed by atoms with Crippen LogP contribution in [0.25, 0.3) is 0 Å². The van der Waals surface area contributed by atoms with Crippen molar-refractivity contribution < 1.29 is 4.79 Å². The fourth-order valence-electron chi connectivity index (χ4n) is 2.44. The highest BCUT2D eigenvalue weighted by molar-refractivity contribution is 5.89. The van der Waals surface area contributed by atoms with Gasteiger partial charge in [-0.2, -0.15) is 0 Å². The van der Waals surface area contributed by atoms with Gasteiger partial charge in [0.25, 0.3) is 0 Å². The van der Waals surface area contributed by atoms with E-state index in [2.05, 4.69) is 6.92 Å². The molecule has 1 aliphatic carbocycles. The van der Waals surface area contributed by atoms with Gasteiger partial charge in [-0.3, -0.25) is 4.79 Å². The molecule has 0 spiro atoms. The maximum absolute atomic E-state index is 12.0. The largest absolute Gasteiger partial charge is 0.341 e. The summed E-state index contributed by atoms with van der Waals surface area (Å²) in [7, 11) is 0. The van der Waals surface area contributed by atoms with Gasteiger partial charge in [0.15, 0.2) is 0 Å². The molecule has 15 heavy (non-hydrogen) atoms. The van der Waals surface area contributed by atoms with Gasteiger partial charge in [-0.05, 0) is 38.0 Å². The van der Waals surface area contributed by atoms with E-state index in [4.69, 9.17) is 5.73 Å². The number of hydrogen-bond acceptors (Lipinski definition) is 2. The molecule has 1 amide bonds. The third-order valence-electron chi connectivity index (χ3n) is 3.93. The van der Waals surface area contributed by atoms with E-state index in [1.165, 1.54) is 19.3 Å². The zero-order chi connectivity index (χ0) is 10.9. The zero-order valence-corrected chi connectivity index (χ0v) is 9.67. The second kappa shape index (κ2) is 4.12. The second-order valence-corrected chi connectivity index (χ2v) is 5.15. The number of carbonyl (C=O) groups is 1. The van der Waals surface area contributed by atoms with E-state index in [0.29, 0.717) is 0 Å². The van der Waals surface area contributed by atoms with Crippen LogP contribution in [0.1, 0.15) is 45.4 Å². The Bertz CT molecular complexity index is 248. The Morgan fingerprint density at radius 3 is 2.73 bits per heavy atom. The van der Waals surface area contributed by atoms with Gasteiger partial charge in [0.2, 0.25) is 5.91 Å². The molecule has 2 N–H and O–H groups in total. The molecule has 3 nitrogen and oxygen atoms in total. The Labute approximate surface area is 92.0 Å². The summed E-state index contributed by atoms with van der Waals surface area (Å²) < 4.78 is 0. The van der Waals surface area contributed by atoms with Crippen molar-refractivity contribution in [1.82, 2.24) is 4.90 Å². The van der Waals surface area contributed by atoms with Gasteiger partial charge in [0, 0.05) is 13.1 Å². The molecule has 2 fully saturated rings. The highest BCUT2D eigenvalue weighted by Crippen LogP contribution is 2.35. The molecule has 0 radical (unpaired) electrons. The molecular formula is C12H22N2O. The molecule has 0 aromatic carbocycles. The topological polar surface area (TPSA) is 46.3 Å². The minimum Gasteiger partial charge on any atom is -0.341 e. The van der Waals surface area contributed by atoms with Crippen molar-refractivity contribution in [3.63, 3.8) is 0 Å². The summed E-state index contributed by atoms with van der Waals surface area (Å²) in [5.74, 6) is 1.02. The van der Waals surface area contributed by atoms with E-state index >= 15 is 0 Å². The summed E-state index contributed by atoms with van der Waals surface area (Å²) in [6, 6.07) is 0. The molecule has 86 valence electrons. The molecule has 2 aliphatic rings. The van der Waals surface area contributed by atoms with E-state index in [-0.39, 0.29) is 5.91 Å². The second-order valence-electron chi connectivity index (χ2n) is 5.15. The van der Waals surface area contributed by atoms with Gasteiger partial charge in [-0.15, -0.1) is 0 Å². The van der Waals surface area contributed by atoms with Crippen LogP contribution >= 0.6 is 0 Å². The fraction of sp³-hybridized carbons (Fsp3) is 0.917. The summed E-state index contributed by atoms with van der Waals surface area (Å²) in [4.78, 5) is 14.0. The van der Waals surface area contributed by atoms with E-state index in [0.717, 1.165) is 38.3 Å². The van der Waals surface area contributed by atoms with Crippen LogP contribution in [0.3, 0.4) is 0 Å². The lowest BCUT2D eigenvalue weighted by Gasteiger charge is -2.23. The first-order valence-electron chi connectivity index (χ1n) is 6.24. The molecule has 0 aromatic rings. The average molecular weight is 210 g/mol. The molecule has 1 unspecified atom stereocenters. The van der Waals surface area contributed by atoms with E-state index in [1.807, 2.05) is 4.90 Å². The molecular weight excluding hydrogens is 188 g/mol. The summed E-state index contributed by atoms with van der Waals surface area (Å²) in [6.07, 6.45) is 6.62. The van der Waals surface area contributed by atoms with Crippen molar-refractivity contribution in [3.05, 3.63) is 0 Å². The zero-order valence-electron chi connectivity index (χ0n) is 9.67. The predicted octanol–water partition coefficient (Wildman–Crippen LogP) is 1.52. The van der Waals surface area contributed by atoms with Crippen LogP contribution in [0.4, 0.5) is 0 Å². The standard InChI is InChI=1S/C12H22N2O/c1-2-10-4-3-8-14(9-5-10)11(15)12(13)6-7-12/h10H,2-9,13H2,1H3. The molecule has 1 saturated heterocycles. The van der Waals surface area contributed by atoms with Crippen molar-refractivity contribution in [2.24, 2.45) is 11.7 Å². The minimum atomic E-state index is -0.466. The number of carbonyl (C=O) groups excluding carboxylic acids is 1. The molecule has 3 heteroatoms. The van der Waals surface area contributed by atoms with Crippen LogP contribution in [0.15, 0.2) is 0 Å². The van der Waals surface area contributed by atoms with E-state index in [9.17, 15) is 4.79 Å². The van der Waals surface area contributed by atoms with Crippen molar-refractivity contribution in [3.8, 4) is 0 Å². The van der Waals surface area contributed by atoms with Gasteiger partial charge in [-0.1, -0.05) is 13.3 Å². The lowest BCUT2D eigenvalue weighted by atomic mass is 9.98. The van der Waals surface area contributed by atoms with Crippen LogP contribution in [0.2, 0.25) is 0 Å². The number of likely N-dealkylation sites (tertiary alicyclic amines) is 1. The molecule has 0 aromatic heterocycles. The van der Waals surface area contributed by atoms with Crippen molar-refractivity contribution >= 4 is 5.91 Å². The summed E-state index contributed by atoms with van der Waals surface area (Å²) in [6.45, 7) is 4.10. The molecule has 1 atom stereocenters. The van der Waals surface area contributed by atoms with Gasteiger partial charge < -0.3 is 10.6 Å². The van der Waals surface area contributed by atoms with Crippen LogP contribution in [0, 0.1) is 5.92 Å². The third kappa shape index (κ3) is 2.33. The predicted molar refractivity (Wildman–Crippen MR) is 60.4 cm³/mol. The number of nitrogens with zero attached hydrogens (tertiary/aromatic N) is 1. The molecule has 0 bridgehead atoms. The summed E-state index contributed by atoms with van der Waals surface area (Å²) in [5.41, 5.74) is 5.48. The minimum absolute atomic E-state index is 0.208. The Kier molecular flexibility index (Phi) is 3.01. The number of rotatable bonds is 2. The number of nitrogens with two attached hydrogens (primary N) is 1. The maximum atomic E-state index is 12.0. The highest BCUT2D eigenvalue weighted by atomic mass is 16.2. The lowest BCUT2D eigenvalue weighted by Crippen LogP contribution is -2.46. The average Bonchev–Trinajstić information content (AvgIpc) is 3.01. The van der Waals surface area contributed by atoms with Gasteiger partial charge in [0.1, 0.15) is 0 Å². The Hall–Kier alpha value is -0.570. The van der Waals surface area contributed by atoms with Crippen LogP contribution in [-0.4, -0.2) is 29.4 Å². The SMILES string of the molecule is CCC1CCCN(C(=O)C2(N)CC2)CC1. The van der Waals surface area contributed by atoms with E-state index in [1.54, 1.807) is 0 Å². The molecule has 1 aliphatic heterocycles. The monoisotopic (exact) mass is 210 g/mol. The van der Waals surface area contributed by atoms with Crippen molar-refractivity contribution in [1.29, 1.82) is 0 Å². The first kappa shape index (κ1) is 10.9.